The molecule has 1 heterocycles. The molecule has 0 radical (unpaired) electrons. The lowest BCUT2D eigenvalue weighted by Gasteiger charge is -2.16. The summed E-state index contributed by atoms with van der Waals surface area (Å²) in [5.41, 5.74) is 0.990. The quantitative estimate of drug-likeness (QED) is 0.672. The number of aliphatic carboxylic acids is 1. The van der Waals surface area contributed by atoms with Crippen molar-refractivity contribution in [2.45, 2.75) is 32.2 Å². The second-order valence-corrected chi connectivity index (χ2v) is 3.73. The van der Waals surface area contributed by atoms with Crippen molar-refractivity contribution in [3.05, 3.63) is 24.0 Å². The van der Waals surface area contributed by atoms with Gasteiger partial charge in [0.25, 0.3) is 0 Å². The minimum Gasteiger partial charge on any atom is -0.481 e. The monoisotopic (exact) mass is 224 g/mol. The molecule has 0 saturated carbocycles. The average Bonchev–Trinajstić information content (AvgIpc) is 2.66. The van der Waals surface area contributed by atoms with Crippen molar-refractivity contribution in [3.8, 4) is 0 Å². The molecule has 1 unspecified atom stereocenters. The Bertz CT molecular complexity index is 346. The third-order valence-electron chi connectivity index (χ3n) is 2.24. The van der Waals surface area contributed by atoms with Crippen molar-refractivity contribution in [1.29, 1.82) is 0 Å². The predicted octanol–water partition coefficient (Wildman–Crippen LogP) is 0.927. The highest BCUT2D eigenvalue weighted by Gasteiger charge is 2.13. The highest BCUT2D eigenvalue weighted by molar-refractivity contribution is 5.73. The number of hydrogen-bond donors (Lipinski definition) is 3. The second kappa shape index (κ2) is 5.95. The zero-order valence-electron chi connectivity index (χ0n) is 9.19. The Labute approximate surface area is 93.9 Å². The summed E-state index contributed by atoms with van der Waals surface area (Å²) < 4.78 is 0. The Hall–Kier alpha value is -1.78. The maximum absolute atomic E-state index is 11.0. The van der Waals surface area contributed by atoms with Crippen molar-refractivity contribution in [3.63, 3.8) is 0 Å². The van der Waals surface area contributed by atoms with Crippen molar-refractivity contribution in [2.24, 2.45) is 0 Å². The van der Waals surface area contributed by atoms with Crippen molar-refractivity contribution in [2.75, 3.05) is 0 Å². The van der Waals surface area contributed by atoms with Crippen LogP contribution in [0.25, 0.3) is 0 Å². The normalized spacial score (nSPS) is 12.1. The number of aromatic nitrogens is 1. The molecular formula is C11H16N2O3. The Morgan fingerprint density at radius 3 is 2.81 bits per heavy atom. The third kappa shape index (κ3) is 4.63. The lowest BCUT2D eigenvalue weighted by molar-refractivity contribution is -0.137. The summed E-state index contributed by atoms with van der Waals surface area (Å²) in [4.78, 5) is 24.5. The van der Waals surface area contributed by atoms with Gasteiger partial charge in [0, 0.05) is 37.7 Å². The number of aromatic amines is 1. The van der Waals surface area contributed by atoms with Gasteiger partial charge in [0.1, 0.15) is 0 Å². The molecule has 1 aromatic heterocycles. The number of carbonyl (C=O) groups is 2. The van der Waals surface area contributed by atoms with E-state index in [4.69, 9.17) is 5.11 Å². The van der Waals surface area contributed by atoms with Crippen LogP contribution in [0.2, 0.25) is 0 Å². The Balaban J connectivity index is 2.49. The summed E-state index contributed by atoms with van der Waals surface area (Å²) in [6.07, 6.45) is 2.93. The minimum atomic E-state index is -0.846. The van der Waals surface area contributed by atoms with Crippen molar-refractivity contribution >= 4 is 11.9 Å². The van der Waals surface area contributed by atoms with Crippen molar-refractivity contribution < 1.29 is 14.7 Å². The lowest BCUT2D eigenvalue weighted by atomic mass is 10.1. The van der Waals surface area contributed by atoms with Crippen LogP contribution in [0.5, 0.6) is 0 Å². The van der Waals surface area contributed by atoms with Gasteiger partial charge in [-0.3, -0.25) is 9.59 Å². The average molecular weight is 224 g/mol. The molecule has 1 rings (SSSR count). The Kier molecular flexibility index (Phi) is 4.57. The van der Waals surface area contributed by atoms with Gasteiger partial charge >= 0.3 is 5.97 Å². The molecule has 0 saturated heterocycles. The molecule has 1 aromatic rings. The first-order valence-corrected chi connectivity index (χ1v) is 5.19. The molecular weight excluding hydrogens is 208 g/mol. The van der Waals surface area contributed by atoms with Gasteiger partial charge in [-0.15, -0.1) is 0 Å². The molecule has 0 aliphatic carbocycles. The summed E-state index contributed by atoms with van der Waals surface area (Å²) in [6, 6.07) is 3.65. The predicted molar refractivity (Wildman–Crippen MR) is 59.0 cm³/mol. The van der Waals surface area contributed by atoms with E-state index >= 15 is 0 Å². The van der Waals surface area contributed by atoms with Gasteiger partial charge in [-0.2, -0.15) is 0 Å². The molecule has 0 fully saturated rings. The maximum Gasteiger partial charge on any atom is 0.303 e. The topological polar surface area (TPSA) is 82.2 Å². The lowest BCUT2D eigenvalue weighted by Crippen LogP contribution is -2.35. The minimum absolute atomic E-state index is 0.0612. The summed E-state index contributed by atoms with van der Waals surface area (Å²) >= 11 is 0. The molecule has 3 N–H and O–H groups in total. The van der Waals surface area contributed by atoms with E-state index < -0.39 is 5.97 Å². The van der Waals surface area contributed by atoms with E-state index in [1.54, 1.807) is 6.20 Å². The fourth-order valence-electron chi connectivity index (χ4n) is 1.57. The summed E-state index contributed by atoms with van der Waals surface area (Å²) in [6.45, 7) is 1.43. The van der Waals surface area contributed by atoms with Gasteiger partial charge < -0.3 is 15.4 Å². The standard InChI is InChI=1S/C11H16N2O3/c1-8(14)13-10(4-5-11(15)16)7-9-3-2-6-12-9/h2-3,6,10,12H,4-5,7H2,1H3,(H,13,14)(H,15,16). The molecule has 5 nitrogen and oxygen atoms in total. The van der Waals surface area contributed by atoms with Crippen molar-refractivity contribution in [1.82, 2.24) is 10.3 Å². The SMILES string of the molecule is CC(=O)NC(CCC(=O)O)Cc1ccc[nH]1. The Morgan fingerprint density at radius 1 is 1.56 bits per heavy atom. The van der Waals surface area contributed by atoms with Gasteiger partial charge in [-0.05, 0) is 18.6 Å². The first-order valence-electron chi connectivity index (χ1n) is 5.19. The molecule has 16 heavy (non-hydrogen) atoms. The van der Waals surface area contributed by atoms with Gasteiger partial charge in [0.05, 0.1) is 0 Å². The molecule has 88 valence electrons. The summed E-state index contributed by atoms with van der Waals surface area (Å²) in [5.74, 6) is -0.983. The molecule has 5 heteroatoms. The van der Waals surface area contributed by atoms with E-state index in [2.05, 4.69) is 10.3 Å². The number of rotatable bonds is 6. The van der Waals surface area contributed by atoms with Crippen LogP contribution in [0.4, 0.5) is 0 Å². The number of carbonyl (C=O) groups excluding carboxylic acids is 1. The first-order chi connectivity index (χ1) is 7.58. The van der Waals surface area contributed by atoms with Crippen LogP contribution in [-0.2, 0) is 16.0 Å². The van der Waals surface area contributed by atoms with Gasteiger partial charge in [-0.25, -0.2) is 0 Å². The molecule has 1 amide bonds. The van der Waals surface area contributed by atoms with E-state index in [0.717, 1.165) is 5.69 Å². The molecule has 0 aliphatic rings. The van der Waals surface area contributed by atoms with Crippen LogP contribution in [0.3, 0.4) is 0 Å². The largest absolute Gasteiger partial charge is 0.481 e. The van der Waals surface area contributed by atoms with Gasteiger partial charge in [-0.1, -0.05) is 0 Å². The number of hydrogen-bond acceptors (Lipinski definition) is 2. The third-order valence-corrected chi connectivity index (χ3v) is 2.24. The van der Waals surface area contributed by atoms with E-state index in [9.17, 15) is 9.59 Å². The van der Waals surface area contributed by atoms with Crippen LogP contribution in [0.1, 0.15) is 25.5 Å². The van der Waals surface area contributed by atoms with Crippen LogP contribution in [-0.4, -0.2) is 28.0 Å². The van der Waals surface area contributed by atoms with E-state index in [-0.39, 0.29) is 18.4 Å². The fraction of sp³-hybridized carbons (Fsp3) is 0.455. The van der Waals surface area contributed by atoms with E-state index in [0.29, 0.717) is 12.8 Å². The number of H-pyrrole nitrogens is 1. The highest BCUT2D eigenvalue weighted by Crippen LogP contribution is 2.06. The zero-order chi connectivity index (χ0) is 12.0. The molecule has 0 spiro atoms. The first kappa shape index (κ1) is 12.3. The molecule has 0 bridgehead atoms. The zero-order valence-corrected chi connectivity index (χ0v) is 9.19. The van der Waals surface area contributed by atoms with Crippen LogP contribution in [0.15, 0.2) is 18.3 Å². The highest BCUT2D eigenvalue weighted by atomic mass is 16.4. The Morgan fingerprint density at radius 2 is 2.31 bits per heavy atom. The smallest absolute Gasteiger partial charge is 0.303 e. The second-order valence-electron chi connectivity index (χ2n) is 3.73. The molecule has 0 aliphatic heterocycles. The van der Waals surface area contributed by atoms with Gasteiger partial charge in [0.15, 0.2) is 0 Å². The van der Waals surface area contributed by atoms with Crippen LogP contribution in [0, 0.1) is 0 Å². The summed E-state index contributed by atoms with van der Waals surface area (Å²) in [5, 5.41) is 11.4. The maximum atomic E-state index is 11.0. The van der Waals surface area contributed by atoms with Gasteiger partial charge in [0.2, 0.25) is 5.91 Å². The van der Waals surface area contributed by atoms with E-state index in [1.165, 1.54) is 6.92 Å². The number of nitrogens with one attached hydrogen (secondary N) is 2. The number of amides is 1. The fourth-order valence-corrected chi connectivity index (χ4v) is 1.57. The van der Waals surface area contributed by atoms with E-state index in [1.807, 2.05) is 12.1 Å². The molecule has 1 atom stereocenters. The number of carboxylic acid groups (broad SMARTS) is 1. The summed E-state index contributed by atoms with van der Waals surface area (Å²) in [7, 11) is 0. The van der Waals surface area contributed by atoms with Crippen LogP contribution < -0.4 is 5.32 Å². The number of carboxylic acids is 1. The van der Waals surface area contributed by atoms with Crippen LogP contribution >= 0.6 is 0 Å². The molecule has 0 aromatic carbocycles.